The van der Waals surface area contributed by atoms with Gasteiger partial charge in [0.05, 0.1) is 6.54 Å². The Morgan fingerprint density at radius 2 is 1.74 bits per heavy atom. The Bertz CT molecular complexity index is 909. The predicted molar refractivity (Wildman–Crippen MR) is 108 cm³/mol. The Morgan fingerprint density at radius 1 is 1.04 bits per heavy atom. The quantitative estimate of drug-likeness (QED) is 0.539. The van der Waals surface area contributed by atoms with Crippen molar-refractivity contribution in [3.63, 3.8) is 0 Å². The first-order valence-corrected chi connectivity index (χ1v) is 8.79. The van der Waals surface area contributed by atoms with Crippen molar-refractivity contribution in [3.8, 4) is 0 Å². The van der Waals surface area contributed by atoms with Gasteiger partial charge in [0.25, 0.3) is 5.91 Å². The number of furan rings is 1. The molecule has 0 saturated heterocycles. The van der Waals surface area contributed by atoms with Crippen LogP contribution in [0.1, 0.15) is 21.7 Å². The van der Waals surface area contributed by atoms with E-state index in [1.165, 1.54) is 0 Å². The summed E-state index contributed by atoms with van der Waals surface area (Å²) >= 11 is 0. The zero-order valence-electron chi connectivity index (χ0n) is 15.8. The summed E-state index contributed by atoms with van der Waals surface area (Å²) in [5.41, 5.74) is 2.62. The van der Waals surface area contributed by atoms with Crippen molar-refractivity contribution in [2.75, 3.05) is 21.1 Å². The van der Waals surface area contributed by atoms with Gasteiger partial charge in [0, 0.05) is 38.6 Å². The number of carbonyl (C=O) groups is 1. The molecule has 0 aliphatic carbocycles. The number of hydrogen-bond donors (Lipinski definition) is 2. The van der Waals surface area contributed by atoms with Crippen LogP contribution in [-0.2, 0) is 13.1 Å². The monoisotopic (exact) mass is 364 g/mol. The van der Waals surface area contributed by atoms with E-state index in [9.17, 15) is 4.79 Å². The summed E-state index contributed by atoms with van der Waals surface area (Å²) in [6, 6.07) is 17.5. The number of aliphatic imine (C=N–C) groups is 1. The topological polar surface area (TPSA) is 69.9 Å². The molecule has 1 amide bonds. The highest BCUT2D eigenvalue weighted by Crippen LogP contribution is 2.18. The Hall–Kier alpha value is -3.28. The molecule has 27 heavy (non-hydrogen) atoms. The molecular formula is C21H24N4O2. The molecule has 0 aliphatic heterocycles. The van der Waals surface area contributed by atoms with Crippen LogP contribution in [0.5, 0.6) is 0 Å². The van der Waals surface area contributed by atoms with E-state index in [0.29, 0.717) is 24.6 Å². The van der Waals surface area contributed by atoms with Crippen molar-refractivity contribution in [2.45, 2.75) is 13.1 Å². The van der Waals surface area contributed by atoms with Crippen molar-refractivity contribution in [1.82, 2.24) is 15.5 Å². The first-order valence-electron chi connectivity index (χ1n) is 8.79. The lowest BCUT2D eigenvalue weighted by atomic mass is 10.1. The van der Waals surface area contributed by atoms with Crippen LogP contribution < -0.4 is 10.6 Å². The van der Waals surface area contributed by atoms with E-state index in [1.807, 2.05) is 54.6 Å². The highest BCUT2D eigenvalue weighted by atomic mass is 16.3. The van der Waals surface area contributed by atoms with Crippen molar-refractivity contribution >= 4 is 22.8 Å². The Kier molecular flexibility index (Phi) is 5.76. The van der Waals surface area contributed by atoms with E-state index >= 15 is 0 Å². The highest BCUT2D eigenvalue weighted by Gasteiger charge is 2.08. The number of benzene rings is 2. The van der Waals surface area contributed by atoms with E-state index in [4.69, 9.17) is 4.42 Å². The fourth-order valence-corrected chi connectivity index (χ4v) is 2.72. The van der Waals surface area contributed by atoms with E-state index < -0.39 is 0 Å². The fraction of sp³-hybridized carbons (Fsp3) is 0.238. The average molecular weight is 364 g/mol. The van der Waals surface area contributed by atoms with Crippen LogP contribution in [0, 0.1) is 0 Å². The van der Waals surface area contributed by atoms with E-state index in [2.05, 4.69) is 15.6 Å². The van der Waals surface area contributed by atoms with Crippen LogP contribution in [0.15, 0.2) is 64.0 Å². The van der Waals surface area contributed by atoms with Gasteiger partial charge in [0.2, 0.25) is 0 Å². The molecule has 1 aromatic heterocycles. The van der Waals surface area contributed by atoms with Crippen molar-refractivity contribution in [2.24, 2.45) is 4.99 Å². The first-order chi connectivity index (χ1) is 13.1. The molecule has 6 heteroatoms. The van der Waals surface area contributed by atoms with Crippen LogP contribution in [0.2, 0.25) is 0 Å². The number of para-hydroxylation sites is 1. The number of guanidine groups is 1. The molecule has 3 aromatic rings. The average Bonchev–Trinajstić information content (AvgIpc) is 3.11. The van der Waals surface area contributed by atoms with Gasteiger partial charge in [-0.1, -0.05) is 30.3 Å². The summed E-state index contributed by atoms with van der Waals surface area (Å²) in [6.07, 6.45) is 0. The zero-order valence-corrected chi connectivity index (χ0v) is 15.8. The summed E-state index contributed by atoms with van der Waals surface area (Å²) in [7, 11) is 5.22. The van der Waals surface area contributed by atoms with Gasteiger partial charge in [-0.3, -0.25) is 9.79 Å². The maximum absolute atomic E-state index is 11.9. The second-order valence-corrected chi connectivity index (χ2v) is 6.43. The lowest BCUT2D eigenvalue weighted by Gasteiger charge is -2.12. The molecule has 0 bridgehead atoms. The second-order valence-electron chi connectivity index (χ2n) is 6.43. The standard InChI is InChI=1S/C21H24N4O2/c1-22-21(24-14-18-12-17-6-4-5-7-19(17)27-18)23-13-15-8-10-16(11-9-15)20(26)25(2)3/h4-12H,13-14H2,1-3H3,(H2,22,23,24). The van der Waals surface area contributed by atoms with E-state index in [1.54, 1.807) is 26.0 Å². The Morgan fingerprint density at radius 3 is 2.41 bits per heavy atom. The lowest BCUT2D eigenvalue weighted by molar-refractivity contribution is 0.0827. The maximum Gasteiger partial charge on any atom is 0.253 e. The molecule has 0 atom stereocenters. The number of nitrogens with zero attached hydrogens (tertiary/aromatic N) is 2. The molecule has 0 saturated carbocycles. The summed E-state index contributed by atoms with van der Waals surface area (Å²) in [6.45, 7) is 1.15. The van der Waals surface area contributed by atoms with Gasteiger partial charge in [-0.05, 0) is 29.8 Å². The van der Waals surface area contributed by atoms with E-state index in [0.717, 1.165) is 22.3 Å². The number of rotatable bonds is 5. The number of amides is 1. The fourth-order valence-electron chi connectivity index (χ4n) is 2.72. The molecule has 0 fully saturated rings. The van der Waals surface area contributed by atoms with Crippen LogP contribution in [-0.4, -0.2) is 37.9 Å². The van der Waals surface area contributed by atoms with Gasteiger partial charge in [-0.15, -0.1) is 0 Å². The van der Waals surface area contributed by atoms with Gasteiger partial charge in [-0.25, -0.2) is 0 Å². The third kappa shape index (κ3) is 4.67. The molecule has 0 unspecified atom stereocenters. The predicted octanol–water partition coefficient (Wildman–Crippen LogP) is 3.00. The third-order valence-corrected chi connectivity index (χ3v) is 4.20. The minimum atomic E-state index is -0.00202. The van der Waals surface area contributed by atoms with Gasteiger partial charge < -0.3 is 20.0 Å². The lowest BCUT2D eigenvalue weighted by Crippen LogP contribution is -2.36. The molecule has 3 rings (SSSR count). The summed E-state index contributed by atoms with van der Waals surface area (Å²) in [5.74, 6) is 1.53. The van der Waals surface area contributed by atoms with Crippen molar-refractivity contribution in [3.05, 3.63) is 71.5 Å². The number of nitrogens with one attached hydrogen (secondary N) is 2. The third-order valence-electron chi connectivity index (χ3n) is 4.20. The Labute approximate surface area is 158 Å². The van der Waals surface area contributed by atoms with Gasteiger partial charge >= 0.3 is 0 Å². The summed E-state index contributed by atoms with van der Waals surface area (Å²) in [5, 5.41) is 7.60. The van der Waals surface area contributed by atoms with Crippen LogP contribution in [0.4, 0.5) is 0 Å². The highest BCUT2D eigenvalue weighted by molar-refractivity contribution is 5.93. The van der Waals surface area contributed by atoms with Crippen molar-refractivity contribution in [1.29, 1.82) is 0 Å². The SMILES string of the molecule is CN=C(NCc1ccc(C(=O)N(C)C)cc1)NCc1cc2ccccc2o1. The van der Waals surface area contributed by atoms with Gasteiger partial charge in [-0.2, -0.15) is 0 Å². The second kappa shape index (κ2) is 8.40. The molecule has 0 aliphatic rings. The maximum atomic E-state index is 11.9. The zero-order chi connectivity index (χ0) is 19.2. The minimum Gasteiger partial charge on any atom is -0.459 e. The molecule has 0 spiro atoms. The van der Waals surface area contributed by atoms with Crippen LogP contribution in [0.25, 0.3) is 11.0 Å². The molecule has 2 aromatic carbocycles. The minimum absolute atomic E-state index is 0.00202. The first kappa shape index (κ1) is 18.5. The summed E-state index contributed by atoms with van der Waals surface area (Å²) < 4.78 is 5.80. The molecule has 6 nitrogen and oxygen atoms in total. The molecule has 1 heterocycles. The van der Waals surface area contributed by atoms with Crippen molar-refractivity contribution < 1.29 is 9.21 Å². The molecular weight excluding hydrogens is 340 g/mol. The summed E-state index contributed by atoms with van der Waals surface area (Å²) in [4.78, 5) is 17.7. The Balaban J connectivity index is 1.53. The number of fused-ring (bicyclic) bond motifs is 1. The van der Waals surface area contributed by atoms with Gasteiger partial charge in [0.1, 0.15) is 11.3 Å². The molecule has 140 valence electrons. The normalized spacial score (nSPS) is 11.4. The molecule has 2 N–H and O–H groups in total. The number of hydrogen-bond acceptors (Lipinski definition) is 3. The van der Waals surface area contributed by atoms with E-state index in [-0.39, 0.29) is 5.91 Å². The van der Waals surface area contributed by atoms with Gasteiger partial charge in [0.15, 0.2) is 5.96 Å². The number of carbonyl (C=O) groups excluding carboxylic acids is 1. The van der Waals surface area contributed by atoms with Crippen LogP contribution in [0.3, 0.4) is 0 Å². The smallest absolute Gasteiger partial charge is 0.253 e. The van der Waals surface area contributed by atoms with Crippen LogP contribution >= 0.6 is 0 Å². The molecule has 0 radical (unpaired) electrons. The largest absolute Gasteiger partial charge is 0.459 e.